The number of nitrogens with one attached hydrogen (secondary N) is 2. The molecule has 1 aromatic carbocycles. The second-order valence-corrected chi connectivity index (χ2v) is 8.04. The highest BCUT2D eigenvalue weighted by Crippen LogP contribution is 2.27. The standard InChI is InChI=1S/C14H13N3O4S2/c1-23(19,20)14-17-11-5-4-9(7-12(11)22-14)16-13(18)15-8-10-3-2-6-21-10/h2-7H,8H2,1H3,(H2,15,16,18). The minimum Gasteiger partial charge on any atom is -0.467 e. The molecule has 0 saturated heterocycles. The second-order valence-electron chi connectivity index (χ2n) is 4.82. The Bertz CT molecular complexity index is 946. The number of fused-ring (bicyclic) bond motifs is 1. The van der Waals surface area contributed by atoms with Gasteiger partial charge in [0, 0.05) is 11.9 Å². The zero-order valence-corrected chi connectivity index (χ0v) is 13.7. The number of carbonyl (C=O) groups excluding carboxylic acids is 1. The van der Waals surface area contributed by atoms with E-state index in [9.17, 15) is 13.2 Å². The zero-order valence-electron chi connectivity index (χ0n) is 12.1. The monoisotopic (exact) mass is 351 g/mol. The topological polar surface area (TPSA) is 101 Å². The summed E-state index contributed by atoms with van der Waals surface area (Å²) >= 11 is 1.07. The molecular formula is C14H13N3O4S2. The molecule has 2 N–H and O–H groups in total. The summed E-state index contributed by atoms with van der Waals surface area (Å²) in [7, 11) is -3.34. The number of sulfone groups is 1. The smallest absolute Gasteiger partial charge is 0.319 e. The van der Waals surface area contributed by atoms with Crippen molar-refractivity contribution in [3.63, 3.8) is 0 Å². The molecule has 2 amide bonds. The molecule has 0 atom stereocenters. The van der Waals surface area contributed by atoms with E-state index < -0.39 is 9.84 Å². The molecule has 0 fully saturated rings. The Morgan fingerprint density at radius 3 is 2.87 bits per heavy atom. The SMILES string of the molecule is CS(=O)(=O)c1nc2ccc(NC(=O)NCc3ccco3)cc2s1. The predicted molar refractivity (Wildman–Crippen MR) is 87.3 cm³/mol. The number of carbonyl (C=O) groups is 1. The fourth-order valence-corrected chi connectivity index (χ4v) is 3.77. The second kappa shape index (κ2) is 6.01. The summed E-state index contributed by atoms with van der Waals surface area (Å²) in [6.07, 6.45) is 2.65. The van der Waals surface area contributed by atoms with E-state index in [-0.39, 0.29) is 16.9 Å². The third-order valence-corrected chi connectivity index (χ3v) is 5.64. The van der Waals surface area contributed by atoms with Crippen LogP contribution in [0.4, 0.5) is 10.5 Å². The van der Waals surface area contributed by atoms with Crippen LogP contribution in [0.25, 0.3) is 10.2 Å². The van der Waals surface area contributed by atoms with Crippen LogP contribution in [0, 0.1) is 0 Å². The molecule has 120 valence electrons. The van der Waals surface area contributed by atoms with Crippen molar-refractivity contribution in [3.05, 3.63) is 42.4 Å². The first-order valence-corrected chi connectivity index (χ1v) is 9.30. The van der Waals surface area contributed by atoms with Crippen LogP contribution in [0.15, 0.2) is 45.4 Å². The zero-order chi connectivity index (χ0) is 16.4. The number of thiazole rings is 1. The van der Waals surface area contributed by atoms with E-state index in [2.05, 4.69) is 15.6 Å². The van der Waals surface area contributed by atoms with Crippen LogP contribution in [-0.4, -0.2) is 25.7 Å². The van der Waals surface area contributed by atoms with E-state index in [1.807, 2.05) is 0 Å². The Morgan fingerprint density at radius 2 is 2.17 bits per heavy atom. The lowest BCUT2D eigenvalue weighted by atomic mass is 10.3. The number of aromatic nitrogens is 1. The molecule has 3 rings (SSSR count). The van der Waals surface area contributed by atoms with Crippen molar-refractivity contribution in [2.45, 2.75) is 10.9 Å². The van der Waals surface area contributed by atoms with Crippen LogP contribution in [0.3, 0.4) is 0 Å². The molecule has 2 heterocycles. The number of anilines is 1. The number of amides is 2. The third-order valence-electron chi connectivity index (χ3n) is 2.95. The summed E-state index contributed by atoms with van der Waals surface area (Å²) in [4.78, 5) is 15.9. The lowest BCUT2D eigenvalue weighted by molar-refractivity contribution is 0.251. The largest absolute Gasteiger partial charge is 0.467 e. The molecule has 7 nitrogen and oxygen atoms in total. The number of nitrogens with zero attached hydrogens (tertiary/aromatic N) is 1. The quantitative estimate of drug-likeness (QED) is 0.752. The Morgan fingerprint density at radius 1 is 1.35 bits per heavy atom. The van der Waals surface area contributed by atoms with E-state index in [0.29, 0.717) is 21.7 Å². The maximum Gasteiger partial charge on any atom is 0.319 e. The van der Waals surface area contributed by atoms with Gasteiger partial charge in [-0.2, -0.15) is 0 Å². The van der Waals surface area contributed by atoms with Gasteiger partial charge in [-0.05, 0) is 30.3 Å². The van der Waals surface area contributed by atoms with Crippen molar-refractivity contribution in [1.29, 1.82) is 0 Å². The van der Waals surface area contributed by atoms with Crippen molar-refractivity contribution in [3.8, 4) is 0 Å². The van der Waals surface area contributed by atoms with Crippen molar-refractivity contribution < 1.29 is 17.6 Å². The van der Waals surface area contributed by atoms with Gasteiger partial charge in [0.1, 0.15) is 5.76 Å². The highest BCUT2D eigenvalue weighted by molar-refractivity contribution is 7.92. The van der Waals surface area contributed by atoms with Gasteiger partial charge in [0.05, 0.1) is 23.0 Å². The number of benzene rings is 1. The van der Waals surface area contributed by atoms with E-state index in [4.69, 9.17) is 4.42 Å². The highest BCUT2D eigenvalue weighted by atomic mass is 32.2. The van der Waals surface area contributed by atoms with Crippen LogP contribution < -0.4 is 10.6 Å². The van der Waals surface area contributed by atoms with Gasteiger partial charge in [-0.3, -0.25) is 0 Å². The molecule has 0 aliphatic carbocycles. The van der Waals surface area contributed by atoms with Gasteiger partial charge in [-0.15, -0.1) is 11.3 Å². The van der Waals surface area contributed by atoms with Crippen LogP contribution >= 0.6 is 11.3 Å². The Balaban J connectivity index is 1.71. The van der Waals surface area contributed by atoms with Gasteiger partial charge in [0.2, 0.25) is 14.2 Å². The molecule has 2 aromatic heterocycles. The predicted octanol–water partition coefficient (Wildman–Crippen LogP) is 2.61. The van der Waals surface area contributed by atoms with E-state index in [1.165, 1.54) is 6.26 Å². The molecular weight excluding hydrogens is 338 g/mol. The maximum atomic E-state index is 11.8. The minimum absolute atomic E-state index is 0.0620. The molecule has 0 aliphatic rings. The first kappa shape index (κ1) is 15.5. The average molecular weight is 351 g/mol. The normalized spacial score (nSPS) is 11.5. The molecule has 23 heavy (non-hydrogen) atoms. The average Bonchev–Trinajstić information content (AvgIpc) is 3.13. The van der Waals surface area contributed by atoms with Gasteiger partial charge in [0.25, 0.3) is 0 Å². The summed E-state index contributed by atoms with van der Waals surface area (Å²) in [5.41, 5.74) is 1.13. The number of furan rings is 1. The van der Waals surface area contributed by atoms with Crippen LogP contribution in [0.5, 0.6) is 0 Å². The number of hydrogen-bond donors (Lipinski definition) is 2. The Hall–Kier alpha value is -2.39. The summed E-state index contributed by atoms with van der Waals surface area (Å²) in [6.45, 7) is 0.278. The van der Waals surface area contributed by atoms with Crippen molar-refractivity contribution in [2.75, 3.05) is 11.6 Å². The van der Waals surface area contributed by atoms with Gasteiger partial charge in [0.15, 0.2) is 0 Å². The highest BCUT2D eigenvalue weighted by Gasteiger charge is 2.14. The van der Waals surface area contributed by atoms with Crippen molar-refractivity contribution >= 4 is 43.1 Å². The first-order chi connectivity index (χ1) is 10.9. The van der Waals surface area contributed by atoms with E-state index in [1.54, 1.807) is 30.3 Å². The first-order valence-electron chi connectivity index (χ1n) is 6.60. The summed E-state index contributed by atoms with van der Waals surface area (Å²) in [5, 5.41) is 5.34. The molecule has 9 heteroatoms. The van der Waals surface area contributed by atoms with Gasteiger partial charge >= 0.3 is 6.03 Å². The van der Waals surface area contributed by atoms with Crippen LogP contribution in [-0.2, 0) is 16.4 Å². The van der Waals surface area contributed by atoms with Crippen molar-refractivity contribution in [1.82, 2.24) is 10.3 Å². The van der Waals surface area contributed by atoms with E-state index in [0.717, 1.165) is 17.6 Å². The van der Waals surface area contributed by atoms with Crippen molar-refractivity contribution in [2.24, 2.45) is 0 Å². The third kappa shape index (κ3) is 3.69. The summed E-state index contributed by atoms with van der Waals surface area (Å²) < 4.78 is 28.9. The lowest BCUT2D eigenvalue weighted by Gasteiger charge is -2.06. The fourth-order valence-electron chi connectivity index (χ4n) is 1.90. The summed E-state index contributed by atoms with van der Waals surface area (Å²) in [6, 6.07) is 8.15. The van der Waals surface area contributed by atoms with Crippen LogP contribution in [0.2, 0.25) is 0 Å². The maximum absolute atomic E-state index is 11.8. The van der Waals surface area contributed by atoms with Gasteiger partial charge in [-0.25, -0.2) is 18.2 Å². The summed E-state index contributed by atoms with van der Waals surface area (Å²) in [5.74, 6) is 0.649. The Kier molecular flexibility index (Phi) is 4.05. The van der Waals surface area contributed by atoms with Gasteiger partial charge < -0.3 is 15.1 Å². The minimum atomic E-state index is -3.34. The molecule has 3 aromatic rings. The lowest BCUT2D eigenvalue weighted by Crippen LogP contribution is -2.27. The molecule has 0 radical (unpaired) electrons. The number of hydrogen-bond acceptors (Lipinski definition) is 6. The van der Waals surface area contributed by atoms with E-state index >= 15 is 0 Å². The van der Waals surface area contributed by atoms with Crippen LogP contribution in [0.1, 0.15) is 5.76 Å². The van der Waals surface area contributed by atoms with Gasteiger partial charge in [-0.1, -0.05) is 0 Å². The molecule has 0 spiro atoms. The Labute approximate surface area is 136 Å². The molecule has 0 aliphatic heterocycles. The molecule has 0 unspecified atom stereocenters. The fraction of sp³-hybridized carbons (Fsp3) is 0.143. The molecule has 0 bridgehead atoms. The number of rotatable bonds is 4. The molecule has 0 saturated carbocycles. The number of urea groups is 1.